The molecular weight excluding hydrogens is 717 g/mol. The average Bonchev–Trinajstić information content (AvgIpc) is 3.86. The molecule has 0 radical (unpaired) electrons. The first-order valence-electron chi connectivity index (χ1n) is 19.1. The summed E-state index contributed by atoms with van der Waals surface area (Å²) in [7, 11) is 0. The number of nitrogens with zero attached hydrogens (tertiary/aromatic N) is 6. The summed E-state index contributed by atoms with van der Waals surface area (Å²) in [5.74, 6) is 3.54. The van der Waals surface area contributed by atoms with Crippen molar-refractivity contribution in [2.75, 3.05) is 36.0 Å². The predicted octanol–water partition coefficient (Wildman–Crippen LogP) is 7.53. The number of aromatic hydroxyl groups is 2. The van der Waals surface area contributed by atoms with Crippen molar-refractivity contribution in [3.05, 3.63) is 126 Å². The molecule has 0 aliphatic carbocycles. The highest BCUT2D eigenvalue weighted by Crippen LogP contribution is 2.35. The number of aromatic nitrogens is 4. The number of aryl methyl sites for hydroxylation is 2. The lowest BCUT2D eigenvalue weighted by atomic mass is 10.1. The fourth-order valence-electron chi connectivity index (χ4n) is 7.34. The van der Waals surface area contributed by atoms with E-state index in [1.807, 2.05) is 74.5 Å². The van der Waals surface area contributed by atoms with Gasteiger partial charge in [0.15, 0.2) is 11.6 Å². The highest BCUT2D eigenvalue weighted by atomic mass is 16.6. The van der Waals surface area contributed by atoms with Crippen LogP contribution in [0.4, 0.5) is 16.4 Å². The van der Waals surface area contributed by atoms with Crippen molar-refractivity contribution < 1.29 is 19.7 Å². The van der Waals surface area contributed by atoms with Gasteiger partial charge in [0.1, 0.15) is 28.9 Å². The standard InChI is InChI=1S/C26H24N4O3.C19H20N4O/c1-17-11-12-20-22(15-17)28-24(21-9-5-6-10-23(21)31)29-25(20)30-14-13-18(16-30)27-26(32)33-19-7-3-2-4-8-19;1-12-6-7-14-16(10-12)21-18(15-4-2-3-5-17(15)24)22-19(14)23-9-8-13(20)11-23/h2-12,15,18,31H,13-14,16H2,1H3,(H,27,32);2-7,10,13,24H,8-9,11,20H2,1H3/t18-;13-/m11/s1. The Morgan fingerprint density at radius 3 is 1.70 bits per heavy atom. The maximum atomic E-state index is 12.3. The van der Waals surface area contributed by atoms with E-state index in [2.05, 4.69) is 38.3 Å². The van der Waals surface area contributed by atoms with Crippen LogP contribution in [0.25, 0.3) is 44.6 Å². The number of phenols is 2. The van der Waals surface area contributed by atoms with Crippen LogP contribution in [-0.2, 0) is 0 Å². The molecule has 0 spiro atoms. The monoisotopic (exact) mass is 760 g/mol. The molecule has 2 aliphatic rings. The minimum absolute atomic E-state index is 0.0646. The second kappa shape index (κ2) is 16.1. The summed E-state index contributed by atoms with van der Waals surface area (Å²) in [5.41, 5.74) is 11.3. The van der Waals surface area contributed by atoms with Gasteiger partial charge in [-0.3, -0.25) is 0 Å². The van der Waals surface area contributed by atoms with Crippen LogP contribution in [0.2, 0.25) is 0 Å². The number of amides is 1. The third-order valence-corrected chi connectivity index (χ3v) is 10.2. The summed E-state index contributed by atoms with van der Waals surface area (Å²) in [6.07, 6.45) is 1.27. The van der Waals surface area contributed by atoms with Gasteiger partial charge in [-0.25, -0.2) is 24.7 Å². The molecule has 2 fully saturated rings. The second-order valence-corrected chi connectivity index (χ2v) is 14.6. The van der Waals surface area contributed by atoms with Gasteiger partial charge in [-0.1, -0.05) is 54.6 Å². The molecule has 12 heteroatoms. The topological polar surface area (TPSA) is 163 Å². The average molecular weight is 761 g/mol. The largest absolute Gasteiger partial charge is 0.507 e. The van der Waals surface area contributed by atoms with Crippen LogP contribution in [0.3, 0.4) is 0 Å². The number of nitrogens with one attached hydrogen (secondary N) is 1. The van der Waals surface area contributed by atoms with Crippen molar-refractivity contribution in [1.82, 2.24) is 25.3 Å². The van der Waals surface area contributed by atoms with E-state index in [4.69, 9.17) is 25.4 Å². The molecule has 9 rings (SSSR count). The van der Waals surface area contributed by atoms with Crippen molar-refractivity contribution >= 4 is 39.5 Å². The van der Waals surface area contributed by atoms with E-state index in [0.717, 1.165) is 77.0 Å². The smallest absolute Gasteiger partial charge is 0.412 e. The van der Waals surface area contributed by atoms with Gasteiger partial charge in [-0.2, -0.15) is 0 Å². The number of anilines is 2. The molecule has 2 saturated heterocycles. The van der Waals surface area contributed by atoms with Gasteiger partial charge in [0.25, 0.3) is 0 Å². The summed E-state index contributed by atoms with van der Waals surface area (Å²) in [6, 6.07) is 35.6. The number of hydrogen-bond donors (Lipinski definition) is 4. The summed E-state index contributed by atoms with van der Waals surface area (Å²) in [6.45, 7) is 7.09. The number of para-hydroxylation sites is 3. The SMILES string of the molecule is Cc1ccc2c(N3CC[C@@H](N)C3)nc(-c3ccccc3O)nc2c1.Cc1ccc2c(N3CC[C@@H](NC(=O)Oc4ccccc4)C3)nc(-c3ccccc3O)nc2c1. The lowest BCUT2D eigenvalue weighted by molar-refractivity contribution is 0.197. The lowest BCUT2D eigenvalue weighted by Gasteiger charge is -2.21. The Bertz CT molecular complexity index is 2570. The molecule has 2 aromatic heterocycles. The number of carbonyl (C=O) groups is 1. The number of rotatable bonds is 6. The minimum Gasteiger partial charge on any atom is -0.507 e. The molecule has 7 aromatic rings. The van der Waals surface area contributed by atoms with Gasteiger partial charge in [0, 0.05) is 43.0 Å². The first-order chi connectivity index (χ1) is 27.7. The Labute approximate surface area is 330 Å². The quantitative estimate of drug-likeness (QED) is 0.133. The van der Waals surface area contributed by atoms with Gasteiger partial charge in [0.2, 0.25) is 0 Å². The lowest BCUT2D eigenvalue weighted by Crippen LogP contribution is -2.39. The third-order valence-electron chi connectivity index (χ3n) is 10.2. The fraction of sp³-hybridized carbons (Fsp3) is 0.222. The summed E-state index contributed by atoms with van der Waals surface area (Å²) < 4.78 is 5.37. The molecule has 12 nitrogen and oxygen atoms in total. The zero-order valence-electron chi connectivity index (χ0n) is 31.8. The van der Waals surface area contributed by atoms with E-state index in [1.165, 1.54) is 0 Å². The number of ether oxygens (including phenoxy) is 1. The molecule has 0 saturated carbocycles. The Morgan fingerprint density at radius 2 is 1.18 bits per heavy atom. The van der Waals surface area contributed by atoms with E-state index in [-0.39, 0.29) is 23.6 Å². The Balaban J connectivity index is 0.000000168. The van der Waals surface area contributed by atoms with Crippen molar-refractivity contribution in [1.29, 1.82) is 0 Å². The molecule has 288 valence electrons. The van der Waals surface area contributed by atoms with Crippen molar-refractivity contribution in [3.63, 3.8) is 0 Å². The number of nitrogens with two attached hydrogens (primary N) is 1. The normalized spacial score (nSPS) is 16.4. The Kier molecular flexibility index (Phi) is 10.5. The fourth-order valence-corrected chi connectivity index (χ4v) is 7.34. The number of carbonyl (C=O) groups excluding carboxylic acids is 1. The molecular formula is C45H44N8O4. The van der Waals surface area contributed by atoms with E-state index in [9.17, 15) is 15.0 Å². The second-order valence-electron chi connectivity index (χ2n) is 14.6. The first-order valence-corrected chi connectivity index (χ1v) is 19.1. The number of fused-ring (bicyclic) bond motifs is 2. The molecule has 0 bridgehead atoms. The maximum absolute atomic E-state index is 12.3. The molecule has 5 aromatic carbocycles. The highest BCUT2D eigenvalue weighted by Gasteiger charge is 2.28. The van der Waals surface area contributed by atoms with Gasteiger partial charge < -0.3 is 35.8 Å². The summed E-state index contributed by atoms with van der Waals surface area (Å²) in [5, 5.41) is 25.4. The number of phenolic OH excluding ortho intramolecular Hbond substituents is 2. The van der Waals surface area contributed by atoms with Gasteiger partial charge >= 0.3 is 6.09 Å². The highest BCUT2D eigenvalue weighted by molar-refractivity contribution is 5.93. The third kappa shape index (κ3) is 8.26. The van der Waals surface area contributed by atoms with Gasteiger partial charge in [-0.15, -0.1) is 0 Å². The van der Waals surface area contributed by atoms with Gasteiger partial charge in [0.05, 0.1) is 28.2 Å². The van der Waals surface area contributed by atoms with Crippen molar-refractivity contribution in [2.45, 2.75) is 38.8 Å². The summed E-state index contributed by atoms with van der Waals surface area (Å²) >= 11 is 0. The Hall–Kier alpha value is -6.79. The molecule has 4 heterocycles. The van der Waals surface area contributed by atoms with Crippen LogP contribution in [0.15, 0.2) is 115 Å². The van der Waals surface area contributed by atoms with Crippen LogP contribution >= 0.6 is 0 Å². The maximum Gasteiger partial charge on any atom is 0.412 e. The van der Waals surface area contributed by atoms with Crippen LogP contribution in [0, 0.1) is 13.8 Å². The Morgan fingerprint density at radius 1 is 0.667 bits per heavy atom. The van der Waals surface area contributed by atoms with E-state index >= 15 is 0 Å². The van der Waals surface area contributed by atoms with E-state index in [0.29, 0.717) is 35.1 Å². The van der Waals surface area contributed by atoms with Gasteiger partial charge in [-0.05, 0) is 98.5 Å². The summed E-state index contributed by atoms with van der Waals surface area (Å²) in [4.78, 5) is 35.7. The predicted molar refractivity (Wildman–Crippen MR) is 224 cm³/mol. The zero-order valence-corrected chi connectivity index (χ0v) is 31.8. The first kappa shape index (κ1) is 37.1. The van der Waals surface area contributed by atoms with Crippen LogP contribution in [0.5, 0.6) is 17.2 Å². The minimum atomic E-state index is -0.467. The van der Waals surface area contributed by atoms with Crippen LogP contribution in [0.1, 0.15) is 24.0 Å². The molecule has 5 N–H and O–H groups in total. The molecule has 57 heavy (non-hydrogen) atoms. The molecule has 1 amide bonds. The zero-order chi connectivity index (χ0) is 39.5. The van der Waals surface area contributed by atoms with Crippen molar-refractivity contribution in [2.24, 2.45) is 5.73 Å². The van der Waals surface area contributed by atoms with E-state index < -0.39 is 6.09 Å². The molecule has 2 aliphatic heterocycles. The van der Waals surface area contributed by atoms with Crippen molar-refractivity contribution in [3.8, 4) is 40.0 Å². The molecule has 0 unspecified atom stereocenters. The number of benzene rings is 5. The molecule has 2 atom stereocenters. The number of hydrogen-bond acceptors (Lipinski definition) is 11. The van der Waals surface area contributed by atoms with Crippen LogP contribution in [-0.4, -0.2) is 74.5 Å². The van der Waals surface area contributed by atoms with Crippen LogP contribution < -0.4 is 25.6 Å². The van der Waals surface area contributed by atoms with E-state index in [1.54, 1.807) is 36.4 Å².